The van der Waals surface area contributed by atoms with Gasteiger partial charge in [-0.2, -0.15) is 4.37 Å². The molecule has 2 aromatic rings. The van der Waals surface area contributed by atoms with E-state index < -0.39 is 0 Å². The van der Waals surface area contributed by atoms with Gasteiger partial charge in [0.1, 0.15) is 10.8 Å². The van der Waals surface area contributed by atoms with Gasteiger partial charge in [-0.15, -0.1) is 0 Å². The molecule has 102 valence electrons. The molecule has 2 aromatic heterocycles. The zero-order valence-corrected chi connectivity index (χ0v) is 12.4. The van der Waals surface area contributed by atoms with Crippen LogP contribution in [-0.2, 0) is 0 Å². The number of nitrogens with two attached hydrogens (primary N) is 1. The van der Waals surface area contributed by atoms with Gasteiger partial charge in [-0.25, -0.2) is 0 Å². The summed E-state index contributed by atoms with van der Waals surface area (Å²) in [6.45, 7) is 7.62. The van der Waals surface area contributed by atoms with Gasteiger partial charge in [0, 0.05) is 24.5 Å². The van der Waals surface area contributed by atoms with E-state index in [1.807, 2.05) is 18.3 Å². The van der Waals surface area contributed by atoms with Gasteiger partial charge in [-0.1, -0.05) is 26.8 Å². The quantitative estimate of drug-likeness (QED) is 0.895. The van der Waals surface area contributed by atoms with Crippen molar-refractivity contribution in [3.05, 3.63) is 24.5 Å². The first-order valence-corrected chi connectivity index (χ1v) is 7.14. The monoisotopic (exact) mass is 276 g/mol. The molecule has 0 saturated heterocycles. The average molecular weight is 276 g/mol. The molecule has 0 unspecified atom stereocenters. The molecule has 0 atom stereocenters. The highest BCUT2D eigenvalue weighted by molar-refractivity contribution is 7.11. The normalized spacial score (nSPS) is 11.5. The predicted molar refractivity (Wildman–Crippen MR) is 82.3 cm³/mol. The van der Waals surface area contributed by atoms with Crippen molar-refractivity contribution >= 4 is 22.4 Å². The maximum atomic E-state index is 5.96. The van der Waals surface area contributed by atoms with Crippen LogP contribution >= 0.6 is 11.5 Å². The molecule has 2 heterocycles. The lowest BCUT2D eigenvalue weighted by molar-refractivity contribution is 0.390. The molecule has 0 bridgehead atoms. The molecular weight excluding hydrogens is 256 g/mol. The minimum absolute atomic E-state index is 0.317. The Bertz CT molecular complexity index is 528. The Labute approximate surface area is 118 Å². The summed E-state index contributed by atoms with van der Waals surface area (Å²) in [4.78, 5) is 4.14. The molecule has 4 nitrogen and oxygen atoms in total. The number of hydrogen-bond donors (Lipinski definition) is 2. The minimum atomic E-state index is 0.317. The van der Waals surface area contributed by atoms with Crippen LogP contribution in [0.1, 0.15) is 27.2 Å². The van der Waals surface area contributed by atoms with E-state index >= 15 is 0 Å². The number of aromatic nitrogens is 2. The van der Waals surface area contributed by atoms with Crippen molar-refractivity contribution < 1.29 is 0 Å². The van der Waals surface area contributed by atoms with Crippen LogP contribution in [0, 0.1) is 5.41 Å². The number of rotatable bonds is 4. The fraction of sp³-hybridized carbons (Fsp3) is 0.429. The zero-order valence-electron chi connectivity index (χ0n) is 11.6. The molecule has 5 heteroatoms. The van der Waals surface area contributed by atoms with E-state index in [-0.39, 0.29) is 0 Å². The Morgan fingerprint density at radius 3 is 2.79 bits per heavy atom. The minimum Gasteiger partial charge on any atom is -0.382 e. The van der Waals surface area contributed by atoms with Gasteiger partial charge in [-0.3, -0.25) is 4.98 Å². The summed E-state index contributed by atoms with van der Waals surface area (Å²) in [7, 11) is 0. The van der Waals surface area contributed by atoms with Gasteiger partial charge >= 0.3 is 0 Å². The molecule has 2 rings (SSSR count). The maximum absolute atomic E-state index is 5.96. The Kier molecular flexibility index (Phi) is 4.04. The fourth-order valence-electron chi connectivity index (χ4n) is 1.76. The SMILES string of the molecule is CC(C)(C)CCNc1snc(N)c1-c1cccnc1. The highest BCUT2D eigenvalue weighted by Gasteiger charge is 2.15. The maximum Gasteiger partial charge on any atom is 0.147 e. The summed E-state index contributed by atoms with van der Waals surface area (Å²) in [6.07, 6.45) is 4.67. The smallest absolute Gasteiger partial charge is 0.147 e. The molecule has 0 radical (unpaired) electrons. The number of anilines is 2. The van der Waals surface area contributed by atoms with Gasteiger partial charge in [0.25, 0.3) is 0 Å². The summed E-state index contributed by atoms with van der Waals surface area (Å²) in [6, 6.07) is 3.91. The van der Waals surface area contributed by atoms with E-state index in [1.165, 1.54) is 11.5 Å². The van der Waals surface area contributed by atoms with Crippen molar-refractivity contribution in [2.75, 3.05) is 17.6 Å². The third-order valence-corrected chi connectivity index (χ3v) is 3.65. The zero-order chi connectivity index (χ0) is 13.9. The van der Waals surface area contributed by atoms with Crippen LogP contribution in [0.15, 0.2) is 24.5 Å². The third-order valence-electron chi connectivity index (χ3n) is 2.83. The van der Waals surface area contributed by atoms with Crippen LogP contribution in [0.4, 0.5) is 10.8 Å². The van der Waals surface area contributed by atoms with Crippen LogP contribution in [0.2, 0.25) is 0 Å². The molecule has 0 aliphatic carbocycles. The van der Waals surface area contributed by atoms with Gasteiger partial charge in [0.15, 0.2) is 0 Å². The fourth-order valence-corrected chi connectivity index (χ4v) is 2.52. The van der Waals surface area contributed by atoms with Crippen LogP contribution < -0.4 is 11.1 Å². The standard InChI is InChI=1S/C14H20N4S/c1-14(2,3)6-8-17-13-11(12(15)18-19-13)10-5-4-7-16-9-10/h4-5,7,9,17H,6,8H2,1-3H3,(H2,15,18). The molecule has 0 aliphatic rings. The second-order valence-electron chi connectivity index (χ2n) is 5.75. The predicted octanol–water partition coefficient (Wildman–Crippen LogP) is 3.64. The van der Waals surface area contributed by atoms with Gasteiger partial charge < -0.3 is 11.1 Å². The number of hydrogen-bond acceptors (Lipinski definition) is 5. The van der Waals surface area contributed by atoms with E-state index in [9.17, 15) is 0 Å². The van der Waals surface area contributed by atoms with Crippen LogP contribution in [0.25, 0.3) is 11.1 Å². The van der Waals surface area contributed by atoms with Crippen molar-refractivity contribution in [3.8, 4) is 11.1 Å². The van der Waals surface area contributed by atoms with Gasteiger partial charge in [0.05, 0.1) is 5.56 Å². The second kappa shape index (κ2) is 5.57. The van der Waals surface area contributed by atoms with Gasteiger partial charge in [0.2, 0.25) is 0 Å². The summed E-state index contributed by atoms with van der Waals surface area (Å²) in [5.74, 6) is 0.566. The van der Waals surface area contributed by atoms with Crippen molar-refractivity contribution in [2.24, 2.45) is 5.41 Å². The number of pyridine rings is 1. The van der Waals surface area contributed by atoms with Crippen molar-refractivity contribution in [2.45, 2.75) is 27.2 Å². The Balaban J connectivity index is 2.15. The lowest BCUT2D eigenvalue weighted by Crippen LogP contribution is -2.12. The summed E-state index contributed by atoms with van der Waals surface area (Å²) in [5, 5.41) is 4.46. The van der Waals surface area contributed by atoms with E-state index in [4.69, 9.17) is 5.73 Å². The largest absolute Gasteiger partial charge is 0.382 e. The van der Waals surface area contributed by atoms with E-state index in [1.54, 1.807) is 6.20 Å². The van der Waals surface area contributed by atoms with Crippen LogP contribution in [0.3, 0.4) is 0 Å². The number of nitrogen functional groups attached to an aromatic ring is 1. The summed E-state index contributed by atoms with van der Waals surface area (Å²) in [5.41, 5.74) is 8.25. The Morgan fingerprint density at radius 1 is 1.37 bits per heavy atom. The summed E-state index contributed by atoms with van der Waals surface area (Å²) < 4.78 is 4.24. The van der Waals surface area contributed by atoms with E-state index in [2.05, 4.69) is 35.4 Å². The Hall–Kier alpha value is -1.62. The average Bonchev–Trinajstić information content (AvgIpc) is 2.70. The molecule has 0 saturated carbocycles. The lowest BCUT2D eigenvalue weighted by atomic mass is 9.92. The molecule has 0 amide bonds. The first kappa shape index (κ1) is 13.8. The van der Waals surface area contributed by atoms with E-state index in [0.29, 0.717) is 11.2 Å². The van der Waals surface area contributed by atoms with E-state index in [0.717, 1.165) is 29.1 Å². The highest BCUT2D eigenvalue weighted by Crippen LogP contribution is 2.36. The molecule has 19 heavy (non-hydrogen) atoms. The van der Waals surface area contributed by atoms with Crippen molar-refractivity contribution in [1.29, 1.82) is 0 Å². The molecular formula is C14H20N4S. The second-order valence-corrected chi connectivity index (χ2v) is 6.52. The first-order chi connectivity index (χ1) is 8.97. The Morgan fingerprint density at radius 2 is 2.16 bits per heavy atom. The lowest BCUT2D eigenvalue weighted by Gasteiger charge is -2.18. The highest BCUT2D eigenvalue weighted by atomic mass is 32.1. The van der Waals surface area contributed by atoms with Gasteiger partial charge in [-0.05, 0) is 29.4 Å². The van der Waals surface area contributed by atoms with Crippen LogP contribution in [-0.4, -0.2) is 15.9 Å². The first-order valence-electron chi connectivity index (χ1n) is 6.37. The molecule has 0 aliphatic heterocycles. The van der Waals surface area contributed by atoms with Crippen molar-refractivity contribution in [3.63, 3.8) is 0 Å². The molecule has 3 N–H and O–H groups in total. The summed E-state index contributed by atoms with van der Waals surface area (Å²) >= 11 is 1.41. The molecule has 0 spiro atoms. The van der Waals surface area contributed by atoms with Crippen LogP contribution in [0.5, 0.6) is 0 Å². The number of nitrogens with one attached hydrogen (secondary N) is 1. The van der Waals surface area contributed by atoms with Crippen molar-refractivity contribution in [1.82, 2.24) is 9.36 Å². The molecule has 0 aromatic carbocycles. The third kappa shape index (κ3) is 3.67. The topological polar surface area (TPSA) is 63.8 Å². The number of nitrogens with zero attached hydrogens (tertiary/aromatic N) is 2. The molecule has 0 fully saturated rings.